The van der Waals surface area contributed by atoms with E-state index < -0.39 is 0 Å². The van der Waals surface area contributed by atoms with E-state index in [1.54, 1.807) is 7.05 Å². The van der Waals surface area contributed by atoms with Crippen LogP contribution < -0.4 is 15.4 Å². The van der Waals surface area contributed by atoms with Crippen molar-refractivity contribution in [2.24, 2.45) is 10.9 Å². The fourth-order valence-corrected chi connectivity index (χ4v) is 3.17. The van der Waals surface area contributed by atoms with Gasteiger partial charge in [-0.05, 0) is 29.5 Å². The molecule has 0 fully saturated rings. The number of benzene rings is 1. The van der Waals surface area contributed by atoms with E-state index >= 15 is 0 Å². The Bertz CT molecular complexity index is 757. The molecule has 148 valence electrons. The number of rotatable bonds is 7. The Balaban J connectivity index is 0.00000261. The molecule has 0 aliphatic carbocycles. The second-order valence-electron chi connectivity index (χ2n) is 7.03. The smallest absolute Gasteiger partial charge is 0.191 e. The number of nitrogens with zero attached hydrogens (tertiary/aromatic N) is 3. The van der Waals surface area contributed by atoms with Crippen LogP contribution >= 0.6 is 24.0 Å². The van der Waals surface area contributed by atoms with Gasteiger partial charge >= 0.3 is 0 Å². The summed E-state index contributed by atoms with van der Waals surface area (Å²) in [6, 6.07) is 6.48. The summed E-state index contributed by atoms with van der Waals surface area (Å²) in [5, 5.41) is 6.73. The van der Waals surface area contributed by atoms with Gasteiger partial charge in [0.15, 0.2) is 5.96 Å². The number of ether oxygens (including phenoxy) is 1. The maximum Gasteiger partial charge on any atom is 0.191 e. The van der Waals surface area contributed by atoms with E-state index in [-0.39, 0.29) is 24.0 Å². The topological polar surface area (TPSA) is 63.5 Å². The van der Waals surface area contributed by atoms with Gasteiger partial charge in [-0.2, -0.15) is 0 Å². The molecule has 2 N–H and O–H groups in total. The average molecular weight is 483 g/mol. The van der Waals surface area contributed by atoms with Crippen molar-refractivity contribution in [2.45, 2.75) is 39.8 Å². The summed E-state index contributed by atoms with van der Waals surface area (Å²) in [7, 11) is 1.79. The van der Waals surface area contributed by atoms with Crippen molar-refractivity contribution in [3.63, 3.8) is 0 Å². The second kappa shape index (κ2) is 10.5. The van der Waals surface area contributed by atoms with Crippen molar-refractivity contribution < 1.29 is 4.74 Å². The largest absolute Gasteiger partial charge is 0.493 e. The molecule has 27 heavy (non-hydrogen) atoms. The molecule has 0 saturated heterocycles. The van der Waals surface area contributed by atoms with E-state index in [2.05, 4.69) is 57.2 Å². The highest BCUT2D eigenvalue weighted by atomic mass is 127. The van der Waals surface area contributed by atoms with E-state index in [0.29, 0.717) is 12.5 Å². The molecule has 1 aliphatic heterocycles. The van der Waals surface area contributed by atoms with Crippen LogP contribution in [0.5, 0.6) is 5.75 Å². The molecule has 0 atom stereocenters. The Morgan fingerprint density at radius 2 is 2.19 bits per heavy atom. The van der Waals surface area contributed by atoms with Crippen molar-refractivity contribution in [1.82, 2.24) is 20.2 Å². The number of aliphatic imine (C=N–C) groups is 1. The first-order valence-corrected chi connectivity index (χ1v) is 9.35. The van der Waals surface area contributed by atoms with E-state index in [0.717, 1.165) is 50.1 Å². The minimum Gasteiger partial charge on any atom is -0.493 e. The molecule has 0 amide bonds. The van der Waals surface area contributed by atoms with Gasteiger partial charge in [0.1, 0.15) is 11.6 Å². The predicted octanol–water partition coefficient (Wildman–Crippen LogP) is 3.00. The van der Waals surface area contributed by atoms with E-state index in [9.17, 15) is 0 Å². The first-order valence-electron chi connectivity index (χ1n) is 9.35. The zero-order valence-corrected chi connectivity index (χ0v) is 18.7. The lowest BCUT2D eigenvalue weighted by Crippen LogP contribution is -2.38. The normalized spacial score (nSPS) is 13.1. The lowest BCUT2D eigenvalue weighted by atomic mass is 10.1. The van der Waals surface area contributed by atoms with Crippen LogP contribution in [-0.4, -0.2) is 35.7 Å². The average Bonchev–Trinajstić information content (AvgIpc) is 3.26. The van der Waals surface area contributed by atoms with Crippen LogP contribution in [0.15, 0.2) is 35.6 Å². The predicted molar refractivity (Wildman–Crippen MR) is 120 cm³/mol. The van der Waals surface area contributed by atoms with Gasteiger partial charge in [0.2, 0.25) is 0 Å². The standard InChI is InChI=1S/C20H29N5O.HI/c1-15(2)14-25-10-9-22-19(25)13-24-20(21-3)23-8-6-16-4-5-18-17(12-16)7-11-26-18;/h4-5,9-10,12,15H,6-8,11,13-14H2,1-3H3,(H2,21,23,24);1H. The number of halogens is 1. The monoisotopic (exact) mass is 483 g/mol. The summed E-state index contributed by atoms with van der Waals surface area (Å²) in [6.07, 6.45) is 5.86. The lowest BCUT2D eigenvalue weighted by molar-refractivity contribution is 0.357. The SMILES string of the molecule is CN=C(NCCc1ccc2c(c1)CCO2)NCc1nccn1CC(C)C.I. The fraction of sp³-hybridized carbons (Fsp3) is 0.500. The van der Waals surface area contributed by atoms with Gasteiger partial charge in [0, 0.05) is 39.0 Å². The summed E-state index contributed by atoms with van der Waals surface area (Å²) in [5.41, 5.74) is 2.65. The molecule has 1 aliphatic rings. The van der Waals surface area contributed by atoms with Crippen molar-refractivity contribution in [2.75, 3.05) is 20.2 Å². The summed E-state index contributed by atoms with van der Waals surface area (Å²) in [6.45, 7) is 7.70. The summed E-state index contributed by atoms with van der Waals surface area (Å²) >= 11 is 0. The Morgan fingerprint density at radius 3 is 2.96 bits per heavy atom. The molecule has 0 radical (unpaired) electrons. The summed E-state index contributed by atoms with van der Waals surface area (Å²) in [4.78, 5) is 8.75. The molecule has 3 rings (SSSR count). The first kappa shape index (κ1) is 21.5. The minimum atomic E-state index is 0. The number of guanidine groups is 1. The Labute approximate surface area is 178 Å². The molecule has 0 saturated carbocycles. The number of hydrogen-bond acceptors (Lipinski definition) is 3. The third-order valence-corrected chi connectivity index (χ3v) is 4.46. The molecular weight excluding hydrogens is 453 g/mol. The molecule has 0 unspecified atom stereocenters. The molecule has 2 heterocycles. The van der Waals surface area contributed by atoms with Gasteiger partial charge < -0.3 is 19.9 Å². The highest BCUT2D eigenvalue weighted by Crippen LogP contribution is 2.25. The molecule has 7 heteroatoms. The van der Waals surface area contributed by atoms with Crippen LogP contribution in [0, 0.1) is 5.92 Å². The molecule has 6 nitrogen and oxygen atoms in total. The maximum absolute atomic E-state index is 5.56. The van der Waals surface area contributed by atoms with Crippen LogP contribution in [0.25, 0.3) is 0 Å². The summed E-state index contributed by atoms with van der Waals surface area (Å²) in [5.74, 6) is 3.46. The van der Waals surface area contributed by atoms with Gasteiger partial charge in [0.25, 0.3) is 0 Å². The summed E-state index contributed by atoms with van der Waals surface area (Å²) < 4.78 is 7.75. The molecule has 0 spiro atoms. The van der Waals surface area contributed by atoms with Gasteiger partial charge in [-0.1, -0.05) is 26.0 Å². The third-order valence-electron chi connectivity index (χ3n) is 4.46. The van der Waals surface area contributed by atoms with Crippen molar-refractivity contribution in [3.05, 3.63) is 47.5 Å². The molecule has 1 aromatic heterocycles. The van der Waals surface area contributed by atoms with Crippen LogP contribution in [0.3, 0.4) is 0 Å². The zero-order chi connectivity index (χ0) is 18.4. The maximum atomic E-state index is 5.56. The number of nitrogens with one attached hydrogen (secondary N) is 2. The highest BCUT2D eigenvalue weighted by Gasteiger charge is 2.12. The number of imidazole rings is 1. The van der Waals surface area contributed by atoms with Crippen molar-refractivity contribution in [3.8, 4) is 5.75 Å². The van der Waals surface area contributed by atoms with Crippen LogP contribution in [0.2, 0.25) is 0 Å². The van der Waals surface area contributed by atoms with Gasteiger partial charge in [-0.15, -0.1) is 24.0 Å². The molecule has 1 aromatic carbocycles. The number of fused-ring (bicyclic) bond motifs is 1. The third kappa shape index (κ3) is 6.12. The quantitative estimate of drug-likeness (QED) is 0.361. The zero-order valence-electron chi connectivity index (χ0n) is 16.4. The van der Waals surface area contributed by atoms with Crippen LogP contribution in [0.1, 0.15) is 30.8 Å². The number of hydrogen-bond donors (Lipinski definition) is 2. The van der Waals surface area contributed by atoms with Gasteiger partial charge in [-0.3, -0.25) is 4.99 Å². The Kier molecular flexibility index (Phi) is 8.40. The lowest BCUT2D eigenvalue weighted by Gasteiger charge is -2.14. The Hall–Kier alpha value is -1.77. The van der Waals surface area contributed by atoms with E-state index in [4.69, 9.17) is 4.74 Å². The van der Waals surface area contributed by atoms with E-state index in [1.807, 2.05) is 12.4 Å². The van der Waals surface area contributed by atoms with E-state index in [1.165, 1.54) is 11.1 Å². The highest BCUT2D eigenvalue weighted by molar-refractivity contribution is 14.0. The van der Waals surface area contributed by atoms with Crippen molar-refractivity contribution in [1.29, 1.82) is 0 Å². The minimum absolute atomic E-state index is 0. The van der Waals surface area contributed by atoms with Gasteiger partial charge in [0.05, 0.1) is 13.2 Å². The fourth-order valence-electron chi connectivity index (χ4n) is 3.17. The van der Waals surface area contributed by atoms with Gasteiger partial charge in [-0.25, -0.2) is 4.98 Å². The molecular formula is C20H30IN5O. The van der Waals surface area contributed by atoms with Crippen LogP contribution in [-0.2, 0) is 25.9 Å². The number of aromatic nitrogens is 2. The van der Waals surface area contributed by atoms with Crippen molar-refractivity contribution >= 4 is 29.9 Å². The molecule has 0 bridgehead atoms. The molecule has 2 aromatic rings. The Morgan fingerprint density at radius 1 is 1.33 bits per heavy atom. The van der Waals surface area contributed by atoms with Crippen LogP contribution in [0.4, 0.5) is 0 Å². The second-order valence-corrected chi connectivity index (χ2v) is 7.03. The first-order chi connectivity index (χ1) is 12.7.